The largest absolute Gasteiger partial charge is 0.346 e. The van der Waals surface area contributed by atoms with Gasteiger partial charge in [0.15, 0.2) is 0 Å². The van der Waals surface area contributed by atoms with Crippen molar-refractivity contribution in [3.63, 3.8) is 0 Å². The van der Waals surface area contributed by atoms with Crippen LogP contribution in [-0.4, -0.2) is 23.6 Å². The Bertz CT molecular complexity index is 1000. The lowest BCUT2D eigenvalue weighted by atomic mass is 9.99. The first-order valence-electron chi connectivity index (χ1n) is 8.09. The first kappa shape index (κ1) is 15.2. The Kier molecular flexibility index (Phi) is 3.57. The summed E-state index contributed by atoms with van der Waals surface area (Å²) in [7, 11) is -3.26. The molecule has 3 aromatic rings. The van der Waals surface area contributed by atoms with Crippen LogP contribution in [0.2, 0.25) is 0 Å². The van der Waals surface area contributed by atoms with E-state index in [4.69, 9.17) is 0 Å². The minimum Gasteiger partial charge on any atom is -0.346 e. The van der Waals surface area contributed by atoms with E-state index >= 15 is 0 Å². The molecule has 1 aliphatic carbocycles. The van der Waals surface area contributed by atoms with Gasteiger partial charge in [0.1, 0.15) is 5.65 Å². The zero-order valence-corrected chi connectivity index (χ0v) is 14.2. The molecule has 6 heteroatoms. The highest BCUT2D eigenvalue weighted by atomic mass is 32.2. The molecule has 2 N–H and O–H groups in total. The van der Waals surface area contributed by atoms with Crippen LogP contribution in [0.3, 0.4) is 0 Å². The molecule has 1 aromatic carbocycles. The number of nitrogens with zero attached hydrogens (tertiary/aromatic N) is 1. The van der Waals surface area contributed by atoms with Crippen LogP contribution in [0.1, 0.15) is 24.8 Å². The SMILES string of the molecule is Cc1cc(NS(=O)(=O)C2CCC2)ccc1-c1ccnc2[nH]ccc12. The number of hydrogen-bond acceptors (Lipinski definition) is 3. The molecule has 1 aliphatic rings. The van der Waals surface area contributed by atoms with E-state index in [-0.39, 0.29) is 5.25 Å². The van der Waals surface area contributed by atoms with Gasteiger partial charge in [-0.25, -0.2) is 13.4 Å². The molecule has 0 atom stereocenters. The molecule has 24 heavy (non-hydrogen) atoms. The number of anilines is 1. The van der Waals surface area contributed by atoms with E-state index in [1.165, 1.54) is 0 Å². The number of aromatic amines is 1. The molecule has 0 aliphatic heterocycles. The zero-order valence-electron chi connectivity index (χ0n) is 13.4. The van der Waals surface area contributed by atoms with Gasteiger partial charge in [-0.2, -0.15) is 0 Å². The van der Waals surface area contributed by atoms with E-state index in [0.29, 0.717) is 5.69 Å². The first-order valence-corrected chi connectivity index (χ1v) is 9.64. The molecule has 1 fully saturated rings. The fourth-order valence-corrected chi connectivity index (χ4v) is 4.73. The number of pyridine rings is 1. The van der Waals surface area contributed by atoms with Gasteiger partial charge >= 0.3 is 0 Å². The number of benzene rings is 1. The van der Waals surface area contributed by atoms with E-state index in [9.17, 15) is 8.42 Å². The van der Waals surface area contributed by atoms with E-state index in [1.54, 1.807) is 6.20 Å². The summed E-state index contributed by atoms with van der Waals surface area (Å²) in [4.78, 5) is 7.43. The van der Waals surface area contributed by atoms with Gasteiger partial charge in [0.05, 0.1) is 5.25 Å². The summed E-state index contributed by atoms with van der Waals surface area (Å²) in [6.07, 6.45) is 6.17. The topological polar surface area (TPSA) is 74.8 Å². The van der Waals surface area contributed by atoms with Crippen molar-refractivity contribution < 1.29 is 8.42 Å². The number of rotatable bonds is 4. The lowest BCUT2D eigenvalue weighted by Gasteiger charge is -2.25. The van der Waals surface area contributed by atoms with Crippen LogP contribution < -0.4 is 4.72 Å². The van der Waals surface area contributed by atoms with Crippen molar-refractivity contribution in [3.05, 3.63) is 48.3 Å². The lowest BCUT2D eigenvalue weighted by molar-refractivity contribution is 0.479. The highest BCUT2D eigenvalue weighted by Crippen LogP contribution is 2.32. The van der Waals surface area contributed by atoms with Crippen LogP contribution in [0, 0.1) is 6.92 Å². The van der Waals surface area contributed by atoms with Gasteiger partial charge in [0, 0.05) is 23.5 Å². The second-order valence-electron chi connectivity index (χ2n) is 6.33. The van der Waals surface area contributed by atoms with Gasteiger partial charge in [-0.05, 0) is 60.7 Å². The second kappa shape index (κ2) is 5.63. The van der Waals surface area contributed by atoms with Gasteiger partial charge in [-0.1, -0.05) is 12.5 Å². The molecule has 2 heterocycles. The summed E-state index contributed by atoms with van der Waals surface area (Å²) in [6.45, 7) is 2.00. The number of aryl methyl sites for hydroxylation is 1. The Morgan fingerprint density at radius 3 is 2.71 bits per heavy atom. The maximum Gasteiger partial charge on any atom is 0.235 e. The Balaban J connectivity index is 1.68. The van der Waals surface area contributed by atoms with E-state index in [2.05, 4.69) is 14.7 Å². The van der Waals surface area contributed by atoms with Gasteiger partial charge in [0.2, 0.25) is 10.0 Å². The average Bonchev–Trinajstić information content (AvgIpc) is 2.93. The summed E-state index contributed by atoms with van der Waals surface area (Å²) in [5.74, 6) is 0. The molecule has 124 valence electrons. The van der Waals surface area contributed by atoms with Crippen LogP contribution in [0.15, 0.2) is 42.7 Å². The van der Waals surface area contributed by atoms with Crippen molar-refractivity contribution in [1.29, 1.82) is 0 Å². The standard InChI is InChI=1S/C18H19N3O2S/c1-12-11-13(21-24(22,23)14-3-2-4-14)5-6-15(12)16-7-9-19-18-17(16)8-10-20-18/h5-11,14,21H,2-4H2,1H3,(H,19,20). The maximum absolute atomic E-state index is 12.3. The van der Waals surface area contributed by atoms with Crippen molar-refractivity contribution in [2.45, 2.75) is 31.4 Å². The third-order valence-corrected chi connectivity index (χ3v) is 6.60. The number of H-pyrrole nitrogens is 1. The van der Waals surface area contributed by atoms with Crippen LogP contribution in [0.5, 0.6) is 0 Å². The monoisotopic (exact) mass is 341 g/mol. The molecule has 0 bridgehead atoms. The molecule has 2 aromatic heterocycles. The molecule has 1 saturated carbocycles. The Morgan fingerprint density at radius 2 is 2.00 bits per heavy atom. The number of sulfonamides is 1. The number of hydrogen-bond donors (Lipinski definition) is 2. The molecular formula is C18H19N3O2S. The fourth-order valence-electron chi connectivity index (χ4n) is 3.15. The third kappa shape index (κ3) is 2.57. The molecule has 0 unspecified atom stereocenters. The first-order chi connectivity index (χ1) is 11.5. The normalized spacial score (nSPS) is 15.4. The van der Waals surface area contributed by atoms with Crippen molar-refractivity contribution >= 4 is 26.7 Å². The highest BCUT2D eigenvalue weighted by Gasteiger charge is 2.31. The number of aromatic nitrogens is 2. The van der Waals surface area contributed by atoms with Crippen molar-refractivity contribution in [2.75, 3.05) is 4.72 Å². The zero-order chi connectivity index (χ0) is 16.7. The van der Waals surface area contributed by atoms with Crippen molar-refractivity contribution in [2.24, 2.45) is 0 Å². The van der Waals surface area contributed by atoms with E-state index in [0.717, 1.165) is 47.0 Å². The smallest absolute Gasteiger partial charge is 0.235 e. The van der Waals surface area contributed by atoms with Crippen LogP contribution in [0.4, 0.5) is 5.69 Å². The predicted octanol–water partition coefficient (Wildman–Crippen LogP) is 3.83. The highest BCUT2D eigenvalue weighted by molar-refractivity contribution is 7.93. The molecule has 0 amide bonds. The van der Waals surface area contributed by atoms with Crippen LogP contribution in [0.25, 0.3) is 22.2 Å². The molecule has 5 nitrogen and oxygen atoms in total. The minimum absolute atomic E-state index is 0.239. The molecular weight excluding hydrogens is 322 g/mol. The lowest BCUT2D eigenvalue weighted by Crippen LogP contribution is -2.33. The molecule has 0 radical (unpaired) electrons. The summed E-state index contributed by atoms with van der Waals surface area (Å²) in [6, 6.07) is 9.68. The predicted molar refractivity (Wildman–Crippen MR) is 96.4 cm³/mol. The molecule has 4 rings (SSSR count). The van der Waals surface area contributed by atoms with E-state index < -0.39 is 10.0 Å². The molecule has 0 spiro atoms. The quantitative estimate of drug-likeness (QED) is 0.757. The van der Waals surface area contributed by atoms with Gasteiger partial charge in [-0.15, -0.1) is 0 Å². The fraction of sp³-hybridized carbons (Fsp3) is 0.278. The third-order valence-electron chi connectivity index (χ3n) is 4.73. The Morgan fingerprint density at radius 1 is 1.17 bits per heavy atom. The molecule has 0 saturated heterocycles. The number of fused-ring (bicyclic) bond motifs is 1. The van der Waals surface area contributed by atoms with Crippen LogP contribution in [-0.2, 0) is 10.0 Å². The van der Waals surface area contributed by atoms with Gasteiger partial charge in [-0.3, -0.25) is 4.72 Å². The van der Waals surface area contributed by atoms with Crippen molar-refractivity contribution in [3.8, 4) is 11.1 Å². The van der Waals surface area contributed by atoms with E-state index in [1.807, 2.05) is 43.5 Å². The second-order valence-corrected chi connectivity index (χ2v) is 8.29. The minimum atomic E-state index is -3.26. The summed E-state index contributed by atoms with van der Waals surface area (Å²) in [5, 5.41) is 0.820. The summed E-state index contributed by atoms with van der Waals surface area (Å²) < 4.78 is 27.3. The number of nitrogens with one attached hydrogen (secondary N) is 2. The summed E-state index contributed by atoms with van der Waals surface area (Å²) in [5.41, 5.74) is 4.67. The maximum atomic E-state index is 12.3. The van der Waals surface area contributed by atoms with Crippen molar-refractivity contribution in [1.82, 2.24) is 9.97 Å². The Hall–Kier alpha value is -2.34. The van der Waals surface area contributed by atoms with Gasteiger partial charge < -0.3 is 4.98 Å². The Labute approximate surface area is 141 Å². The summed E-state index contributed by atoms with van der Waals surface area (Å²) >= 11 is 0. The van der Waals surface area contributed by atoms with Crippen LogP contribution >= 0.6 is 0 Å². The average molecular weight is 341 g/mol. The van der Waals surface area contributed by atoms with Gasteiger partial charge in [0.25, 0.3) is 0 Å².